The summed E-state index contributed by atoms with van der Waals surface area (Å²) in [5, 5.41) is 196. The van der Waals surface area contributed by atoms with E-state index >= 15 is 0 Å². The third-order valence-electron chi connectivity index (χ3n) is 25.1. The summed E-state index contributed by atoms with van der Waals surface area (Å²) in [5.41, 5.74) is 4.62. The van der Waals surface area contributed by atoms with Gasteiger partial charge in [-0.1, -0.05) is 88.5 Å². The van der Waals surface area contributed by atoms with Crippen molar-refractivity contribution in [1.29, 1.82) is 0 Å². The first kappa shape index (κ1) is 109. The molecular weight excluding hydrogens is 1930 g/mol. The normalized spacial score (nSPS) is 36.9. The molecule has 0 unspecified atom stereocenters. The standard InChI is InChI=1S/C87H120O45S5/c1-33-16-38(6)76(39(7)17-33)133(104,105)114-28-50-71-57(92)64(99)83(121-50)126-69-48(26-88)120-82(63(98)56(69)91)129-72-51(29-115-134(106,107)77-40(8)18-34(2)19-41(77)9)123-85(66(101)59(72)94)131-74-53(31-117-136(110,111)79-44(12)22-36(4)23-45(79)13)125-87(68(103)61(74)96)132-75-54(32-118-137(112,113)80-46(14)24-37(5)25-47(80)15)124-86(67(102)60(75)95)130-73-52(30-116-135(108,109)78-42(10)20-35(3)21-43(78)11)122-84(65(100)58(73)93)127-70-49(27-89)119-81(128-71)62(97)55(70)90/h16-25,48-75,81-103H,26-32H2,1-15H3/t48-,49+,50-,51-,52+,53+,54-,55-,56+,57+,58-,59+,60-,61-,62-,63+,64-,65-,66+,67-,68-,69-,70-,71-,72-,73-,74-,75-,81-,82-,83-,84-,85-,86-,87-/m1/s1. The predicted molar refractivity (Wildman–Crippen MR) is 462 cm³/mol. The Labute approximate surface area is 790 Å². The Hall–Kier alpha value is -5.55. The Kier molecular flexibility index (Phi) is 34.1. The first-order chi connectivity index (χ1) is 64.0. The number of aliphatic hydroxyl groups is 16. The van der Waals surface area contributed by atoms with Crippen molar-refractivity contribution in [2.45, 2.75) is 343 Å². The number of aliphatic hydroxyl groups excluding tert-OH is 16. The molecule has 21 aliphatic heterocycles. The number of rotatable bonds is 22. The lowest BCUT2D eigenvalue weighted by Crippen LogP contribution is -2.68. The van der Waals surface area contributed by atoms with Crippen LogP contribution in [0, 0.1) is 104 Å². The summed E-state index contributed by atoms with van der Waals surface area (Å²) in [4.78, 5) is -1.91. The second-order valence-corrected chi connectivity index (χ2v) is 43.8. The van der Waals surface area contributed by atoms with Gasteiger partial charge in [0.05, 0.1) is 70.7 Å². The van der Waals surface area contributed by atoms with E-state index in [4.69, 9.17) is 87.2 Å². The van der Waals surface area contributed by atoms with Crippen LogP contribution in [0.2, 0.25) is 0 Å². The van der Waals surface area contributed by atoms with Crippen LogP contribution in [0.25, 0.3) is 0 Å². The molecule has 26 rings (SSSR count). The molecule has 0 saturated carbocycles. The molecule has 35 atom stereocenters. The molecule has 45 nitrogen and oxygen atoms in total. The van der Waals surface area contributed by atoms with Gasteiger partial charge in [-0.25, -0.2) is 0 Å². The van der Waals surface area contributed by atoms with Crippen molar-refractivity contribution in [3.8, 4) is 0 Å². The molecule has 0 amide bonds. The van der Waals surface area contributed by atoms with Gasteiger partial charge < -0.3 is 148 Å². The largest absolute Gasteiger partial charge is 0.394 e. The minimum atomic E-state index is -5.04. The molecule has 137 heavy (non-hydrogen) atoms. The number of hydrogen-bond acceptors (Lipinski definition) is 45. The topological polar surface area (TPSA) is 670 Å². The zero-order valence-electron chi connectivity index (χ0n) is 77.0. The lowest BCUT2D eigenvalue weighted by atomic mass is 9.95. The van der Waals surface area contributed by atoms with Crippen molar-refractivity contribution in [3.05, 3.63) is 144 Å². The Balaban J connectivity index is 0.921. The summed E-state index contributed by atoms with van der Waals surface area (Å²) in [5.74, 6) is 0. The fourth-order valence-electron chi connectivity index (χ4n) is 19.2. The SMILES string of the molecule is Cc1cc(C)c(S(=O)(=O)OC[C@@H]2O[C@@H]3O[C@H]4[C@H](O)[C@@H](O)[C@@H](O[C@H]5[C@H](O)[C@@H](O)[C@@H](O[C@H]6[C@H](O)[C@@H](O)[C@@H](O[C@H]7[C@@H](O)[C@@H](O)[C@@H](O[C@H]8[C@@H](O)[C@H](O)[C@@H](O[C@H]9[C@@H](O)[C@H](O)[C@@H](O[C@H]2[C@H](O)[C@H]3O)O[C@@H]9COS(=O)(=O)c2c(C)cc(C)cc2C)O[C@@H]8CO)O[C@@H]7COS(=O)(=O)c2c(C)cc(C)cc2C)O[C@H]6CO)O[C@H]5COS(=O)(=O)c2c(C)cc(C)cc2C)O[C@@H]4COS(=O)(=O)c2c(C)cc(C)cc2C)c(C)c1. The molecule has 0 aliphatic carbocycles. The fraction of sp³-hybridized carbons (Fsp3) is 0.655. The monoisotopic (exact) mass is 2040 g/mol. The maximum atomic E-state index is 14.6. The second kappa shape index (κ2) is 43.0. The number of aryl methyl sites for hydroxylation is 15. The number of benzene rings is 5. The maximum Gasteiger partial charge on any atom is 0.297 e. The Morgan fingerprint density at radius 2 is 0.314 bits per heavy atom. The molecule has 14 bridgehead atoms. The van der Waals surface area contributed by atoms with Gasteiger partial charge >= 0.3 is 0 Å². The van der Waals surface area contributed by atoms with Gasteiger partial charge in [0.1, 0.15) is 171 Å². The zero-order chi connectivity index (χ0) is 101. The molecule has 21 fully saturated rings. The first-order valence-corrected chi connectivity index (χ1v) is 50.8. The Morgan fingerprint density at radius 1 is 0.197 bits per heavy atom. The predicted octanol–water partition coefficient (Wildman–Crippen LogP) is -3.54. The van der Waals surface area contributed by atoms with Crippen molar-refractivity contribution in [2.24, 2.45) is 0 Å². The van der Waals surface area contributed by atoms with Crippen molar-refractivity contribution in [1.82, 2.24) is 0 Å². The lowest BCUT2D eigenvalue weighted by Gasteiger charge is -2.50. The molecule has 5 aromatic rings. The molecule has 21 heterocycles. The molecule has 21 saturated heterocycles. The highest BCUT2D eigenvalue weighted by Crippen LogP contribution is 2.43. The van der Waals surface area contributed by atoms with Crippen molar-refractivity contribution in [3.63, 3.8) is 0 Å². The zero-order valence-corrected chi connectivity index (χ0v) is 81.0. The van der Waals surface area contributed by atoms with Crippen LogP contribution in [0.15, 0.2) is 85.1 Å². The van der Waals surface area contributed by atoms with E-state index in [9.17, 15) is 124 Å². The Bertz CT molecular complexity index is 5440. The highest BCUT2D eigenvalue weighted by Gasteiger charge is 2.61. The summed E-state index contributed by atoms with van der Waals surface area (Å²) >= 11 is 0. The highest BCUT2D eigenvalue weighted by atomic mass is 32.2. The van der Waals surface area contributed by atoms with E-state index in [1.807, 2.05) is 0 Å². The summed E-state index contributed by atoms with van der Waals surface area (Å²) in [6.45, 7) is 13.6. The van der Waals surface area contributed by atoms with Crippen LogP contribution in [-0.2, 0) is 138 Å². The molecule has 21 aliphatic rings. The van der Waals surface area contributed by atoms with Gasteiger partial charge in [-0.2, -0.15) is 42.1 Å². The quantitative estimate of drug-likeness (QED) is 0.0299. The average Bonchev–Trinajstić information content (AvgIpc) is 0.854. The summed E-state index contributed by atoms with van der Waals surface area (Å²) in [6, 6.07) is 15.0. The van der Waals surface area contributed by atoms with Gasteiger partial charge in [-0.3, -0.25) is 20.9 Å². The summed E-state index contributed by atoms with van der Waals surface area (Å²) in [7, 11) is -25.0. The van der Waals surface area contributed by atoms with E-state index in [-0.39, 0.29) is 70.3 Å². The molecule has 0 radical (unpaired) electrons. The van der Waals surface area contributed by atoms with Crippen LogP contribution in [0.4, 0.5) is 0 Å². The van der Waals surface area contributed by atoms with Crippen molar-refractivity contribution in [2.75, 3.05) is 46.2 Å². The molecule has 0 aromatic heterocycles. The van der Waals surface area contributed by atoms with Crippen LogP contribution < -0.4 is 0 Å². The average molecular weight is 2050 g/mol. The highest BCUT2D eigenvalue weighted by molar-refractivity contribution is 7.88. The van der Waals surface area contributed by atoms with Crippen molar-refractivity contribution >= 4 is 50.6 Å². The summed E-state index contributed by atoms with van der Waals surface area (Å²) in [6.07, 6.45) is -84.3. The number of ether oxygens (including phenoxy) is 14. The van der Waals surface area contributed by atoms with Crippen LogP contribution in [0.3, 0.4) is 0 Å². The van der Waals surface area contributed by atoms with E-state index in [2.05, 4.69) is 0 Å². The van der Waals surface area contributed by atoms with Crippen molar-refractivity contribution < 1.29 is 211 Å². The van der Waals surface area contributed by atoms with E-state index in [1.165, 1.54) is 130 Å². The van der Waals surface area contributed by atoms with E-state index < -0.39 is 322 Å². The Morgan fingerprint density at radius 3 is 0.438 bits per heavy atom. The smallest absolute Gasteiger partial charge is 0.297 e. The van der Waals surface area contributed by atoms with E-state index in [0.717, 1.165) is 0 Å². The van der Waals surface area contributed by atoms with E-state index in [0.29, 0.717) is 27.8 Å². The van der Waals surface area contributed by atoms with Crippen LogP contribution in [-0.4, -0.2) is 385 Å². The van der Waals surface area contributed by atoms with Gasteiger partial charge in [0, 0.05) is 0 Å². The summed E-state index contributed by atoms with van der Waals surface area (Å²) < 4.78 is 260. The van der Waals surface area contributed by atoms with Gasteiger partial charge in [0.25, 0.3) is 50.6 Å². The molecule has 50 heteroatoms. The van der Waals surface area contributed by atoms with Crippen LogP contribution in [0.5, 0.6) is 0 Å². The van der Waals surface area contributed by atoms with Gasteiger partial charge in [0.15, 0.2) is 44.0 Å². The lowest BCUT2D eigenvalue weighted by molar-refractivity contribution is -0.396. The van der Waals surface area contributed by atoms with Crippen LogP contribution >= 0.6 is 0 Å². The number of hydrogen-bond donors (Lipinski definition) is 16. The minimum absolute atomic E-state index is 0.142. The van der Waals surface area contributed by atoms with Gasteiger partial charge in [-0.15, -0.1) is 0 Å². The van der Waals surface area contributed by atoms with Gasteiger partial charge in [-0.05, 0) is 159 Å². The first-order valence-electron chi connectivity index (χ1n) is 43.8. The van der Waals surface area contributed by atoms with Gasteiger partial charge in [0.2, 0.25) is 0 Å². The molecule has 16 N–H and O–H groups in total. The minimum Gasteiger partial charge on any atom is -0.394 e. The fourth-order valence-corrected chi connectivity index (χ4v) is 25.9. The van der Waals surface area contributed by atoms with E-state index in [1.54, 1.807) is 34.6 Å². The molecule has 768 valence electrons. The third kappa shape index (κ3) is 22.9. The maximum absolute atomic E-state index is 14.6. The molecule has 0 spiro atoms. The second-order valence-electron chi connectivity index (χ2n) is 36.1. The van der Waals surface area contributed by atoms with Crippen LogP contribution in [0.1, 0.15) is 83.5 Å². The third-order valence-corrected chi connectivity index (χ3v) is 33.0. The molecular formula is C87H120O45S5. The molecule has 5 aromatic carbocycles.